The number of ether oxygens (including phenoxy) is 1. The van der Waals surface area contributed by atoms with Gasteiger partial charge in [-0.3, -0.25) is 9.89 Å². The molecule has 0 spiro atoms. The van der Waals surface area contributed by atoms with E-state index in [1.165, 1.54) is 18.2 Å². The molecule has 1 aromatic heterocycles. The van der Waals surface area contributed by atoms with Crippen LogP contribution in [0.25, 0.3) is 16.5 Å². The fraction of sp³-hybridized carbons (Fsp3) is 0.333. The van der Waals surface area contributed by atoms with E-state index >= 15 is 0 Å². The third-order valence-corrected chi connectivity index (χ3v) is 5.88. The van der Waals surface area contributed by atoms with Crippen LogP contribution in [0.15, 0.2) is 42.7 Å². The zero-order valence-electron chi connectivity index (χ0n) is 18.4. The van der Waals surface area contributed by atoms with E-state index in [1.807, 2.05) is 6.20 Å². The van der Waals surface area contributed by atoms with Crippen LogP contribution in [-0.4, -0.2) is 41.5 Å². The summed E-state index contributed by atoms with van der Waals surface area (Å²) in [6.07, 6.45) is 5.36. The van der Waals surface area contributed by atoms with Gasteiger partial charge in [0.15, 0.2) is 0 Å². The van der Waals surface area contributed by atoms with Crippen LogP contribution < -0.4 is 15.4 Å². The van der Waals surface area contributed by atoms with Crippen LogP contribution in [0, 0.1) is 0 Å². The molecule has 0 saturated heterocycles. The Morgan fingerprint density at radius 3 is 2.88 bits per heavy atom. The van der Waals surface area contributed by atoms with E-state index in [0.29, 0.717) is 27.8 Å². The molecule has 2 heterocycles. The first-order valence-corrected chi connectivity index (χ1v) is 10.7. The number of H-pyrrole nitrogens is 1. The van der Waals surface area contributed by atoms with Crippen LogP contribution in [0.2, 0.25) is 0 Å². The standard InChI is InChI=1S/C24H26F2N4O3/c1-14(15-5-3-7-17(9-15)24(25,26)13-31)29-23(32)19-10-18(16-6-4-8-27-11-16)22(33-2)20-12-28-30-21(19)20/h3,5,7,9-12,14,27,31H,4,6,8,13H2,1-2H3,(H,28,30)(H,29,32)/t14-/m1/s1. The largest absolute Gasteiger partial charge is 0.495 e. The summed E-state index contributed by atoms with van der Waals surface area (Å²) in [4.78, 5) is 13.3. The summed E-state index contributed by atoms with van der Waals surface area (Å²) < 4.78 is 33.5. The maximum atomic E-state index is 13.9. The highest BCUT2D eigenvalue weighted by atomic mass is 19.3. The number of aromatic nitrogens is 2. The molecule has 4 rings (SSSR count). The quantitative estimate of drug-likeness (QED) is 0.433. The number of hydrogen-bond acceptors (Lipinski definition) is 5. The Morgan fingerprint density at radius 1 is 1.36 bits per heavy atom. The number of nitrogens with one attached hydrogen (secondary N) is 3. The van der Waals surface area contributed by atoms with Gasteiger partial charge in [0, 0.05) is 23.9 Å². The lowest BCUT2D eigenvalue weighted by atomic mass is 9.94. The van der Waals surface area contributed by atoms with Crippen LogP contribution in [0.4, 0.5) is 8.78 Å². The van der Waals surface area contributed by atoms with Gasteiger partial charge in [-0.1, -0.05) is 18.2 Å². The van der Waals surface area contributed by atoms with Crippen molar-refractivity contribution in [3.8, 4) is 5.75 Å². The van der Waals surface area contributed by atoms with Crippen LogP contribution in [0.1, 0.15) is 52.9 Å². The SMILES string of the molecule is COc1c(C2=CNCCC2)cc(C(=O)N[C@H](C)c2cccc(C(F)(F)CO)c2)c2[nH]ncc12. The number of rotatable bonds is 7. The van der Waals surface area contributed by atoms with Gasteiger partial charge < -0.3 is 20.5 Å². The second-order valence-electron chi connectivity index (χ2n) is 8.07. The Balaban J connectivity index is 1.68. The molecule has 1 aliphatic rings. The second kappa shape index (κ2) is 9.19. The summed E-state index contributed by atoms with van der Waals surface area (Å²) in [7, 11) is 1.58. The zero-order valence-corrected chi connectivity index (χ0v) is 18.4. The minimum atomic E-state index is -3.35. The predicted molar refractivity (Wildman–Crippen MR) is 121 cm³/mol. The molecular weight excluding hydrogens is 430 g/mol. The molecule has 2 aromatic carbocycles. The Labute approximate surface area is 189 Å². The van der Waals surface area contributed by atoms with E-state index in [0.717, 1.165) is 30.5 Å². The van der Waals surface area contributed by atoms with E-state index in [-0.39, 0.29) is 11.5 Å². The number of hydrogen-bond donors (Lipinski definition) is 4. The van der Waals surface area contributed by atoms with Crippen molar-refractivity contribution >= 4 is 22.4 Å². The molecule has 4 N–H and O–H groups in total. The molecule has 33 heavy (non-hydrogen) atoms. The first-order chi connectivity index (χ1) is 15.9. The number of methoxy groups -OCH3 is 1. The van der Waals surface area contributed by atoms with E-state index < -0.39 is 18.6 Å². The van der Waals surface area contributed by atoms with Crippen LogP contribution >= 0.6 is 0 Å². The Hall–Kier alpha value is -3.46. The van der Waals surface area contributed by atoms with E-state index in [9.17, 15) is 13.6 Å². The monoisotopic (exact) mass is 456 g/mol. The van der Waals surface area contributed by atoms with Gasteiger partial charge in [0.2, 0.25) is 0 Å². The number of allylic oxidation sites excluding steroid dienone is 1. The third-order valence-electron chi connectivity index (χ3n) is 5.88. The molecule has 9 heteroatoms. The predicted octanol–water partition coefficient (Wildman–Crippen LogP) is 3.87. The summed E-state index contributed by atoms with van der Waals surface area (Å²) in [6.45, 7) is 1.32. The number of aliphatic hydroxyl groups is 1. The Bertz CT molecular complexity index is 1210. The van der Waals surface area contributed by atoms with Crippen molar-refractivity contribution in [3.63, 3.8) is 0 Å². The van der Waals surface area contributed by atoms with Crippen LogP contribution in [-0.2, 0) is 5.92 Å². The van der Waals surface area contributed by atoms with Gasteiger partial charge >= 0.3 is 0 Å². The minimum Gasteiger partial charge on any atom is -0.495 e. The van der Waals surface area contributed by atoms with Crippen molar-refractivity contribution < 1.29 is 23.4 Å². The molecule has 1 amide bonds. The zero-order chi connectivity index (χ0) is 23.6. The lowest BCUT2D eigenvalue weighted by Gasteiger charge is -2.20. The van der Waals surface area contributed by atoms with Gasteiger partial charge in [-0.2, -0.15) is 13.9 Å². The number of aliphatic hydroxyl groups excluding tert-OH is 1. The number of carbonyl (C=O) groups is 1. The van der Waals surface area contributed by atoms with Crippen molar-refractivity contribution in [2.45, 2.75) is 31.7 Å². The van der Waals surface area contributed by atoms with Crippen molar-refractivity contribution in [2.24, 2.45) is 0 Å². The molecule has 0 aliphatic carbocycles. The molecule has 0 radical (unpaired) electrons. The van der Waals surface area contributed by atoms with Crippen LogP contribution in [0.3, 0.4) is 0 Å². The molecule has 0 bridgehead atoms. The van der Waals surface area contributed by atoms with E-state index in [1.54, 1.807) is 32.4 Å². The first kappa shape index (κ1) is 22.7. The molecule has 0 unspecified atom stereocenters. The number of nitrogens with zero attached hydrogens (tertiary/aromatic N) is 1. The number of fused-ring (bicyclic) bond motifs is 1. The number of alkyl halides is 2. The number of carbonyl (C=O) groups excluding carboxylic acids is 1. The highest BCUT2D eigenvalue weighted by molar-refractivity contribution is 6.09. The van der Waals surface area contributed by atoms with Crippen molar-refractivity contribution in [1.29, 1.82) is 0 Å². The average molecular weight is 456 g/mol. The van der Waals surface area contributed by atoms with Gasteiger partial charge in [-0.25, -0.2) is 0 Å². The summed E-state index contributed by atoms with van der Waals surface area (Å²) in [5.74, 6) is -3.09. The minimum absolute atomic E-state index is 0.303. The fourth-order valence-corrected chi connectivity index (χ4v) is 4.07. The van der Waals surface area contributed by atoms with E-state index in [2.05, 4.69) is 20.8 Å². The molecule has 0 saturated carbocycles. The van der Waals surface area contributed by atoms with Gasteiger partial charge in [0.05, 0.1) is 35.8 Å². The summed E-state index contributed by atoms with van der Waals surface area (Å²) >= 11 is 0. The van der Waals surface area contributed by atoms with Gasteiger partial charge in [-0.05, 0) is 43.0 Å². The highest BCUT2D eigenvalue weighted by Crippen LogP contribution is 2.38. The van der Waals surface area contributed by atoms with Crippen molar-refractivity contribution in [1.82, 2.24) is 20.8 Å². The lowest BCUT2D eigenvalue weighted by molar-refractivity contribution is -0.0556. The van der Waals surface area contributed by atoms with Gasteiger partial charge in [0.1, 0.15) is 12.4 Å². The topological polar surface area (TPSA) is 99.3 Å². The van der Waals surface area contributed by atoms with Gasteiger partial charge in [-0.15, -0.1) is 0 Å². The smallest absolute Gasteiger partial charge is 0.295 e. The van der Waals surface area contributed by atoms with Crippen molar-refractivity contribution in [3.05, 3.63) is 65.0 Å². The summed E-state index contributed by atoms with van der Waals surface area (Å²) in [6, 6.07) is 6.92. The Kier molecular flexibility index (Phi) is 6.33. The summed E-state index contributed by atoms with van der Waals surface area (Å²) in [5.41, 5.74) is 2.95. The molecule has 1 atom stereocenters. The average Bonchev–Trinajstić information content (AvgIpc) is 3.33. The van der Waals surface area contributed by atoms with Crippen molar-refractivity contribution in [2.75, 3.05) is 20.3 Å². The maximum Gasteiger partial charge on any atom is 0.295 e. The van der Waals surface area contributed by atoms with E-state index in [4.69, 9.17) is 9.84 Å². The van der Waals surface area contributed by atoms with Gasteiger partial charge in [0.25, 0.3) is 11.8 Å². The molecule has 7 nitrogen and oxygen atoms in total. The second-order valence-corrected chi connectivity index (χ2v) is 8.07. The molecule has 3 aromatic rings. The fourth-order valence-electron chi connectivity index (χ4n) is 4.07. The molecular formula is C24H26F2N4O3. The number of amides is 1. The number of halogens is 2. The Morgan fingerprint density at radius 2 is 2.18 bits per heavy atom. The number of aromatic amines is 1. The maximum absolute atomic E-state index is 13.9. The first-order valence-electron chi connectivity index (χ1n) is 10.7. The normalized spacial score (nSPS) is 15.0. The molecule has 174 valence electrons. The third kappa shape index (κ3) is 4.41. The molecule has 1 aliphatic heterocycles. The summed E-state index contributed by atoms with van der Waals surface area (Å²) in [5, 5.41) is 22.8. The molecule has 0 fully saturated rings. The highest BCUT2D eigenvalue weighted by Gasteiger charge is 2.31. The number of benzene rings is 2. The van der Waals surface area contributed by atoms with Crippen LogP contribution in [0.5, 0.6) is 5.75 Å². The lowest BCUT2D eigenvalue weighted by Crippen LogP contribution is -2.27.